The van der Waals surface area contributed by atoms with Crippen molar-refractivity contribution in [2.45, 2.75) is 6.18 Å². The zero-order chi connectivity index (χ0) is 17.6. The van der Waals surface area contributed by atoms with E-state index in [9.17, 15) is 18.0 Å². The summed E-state index contributed by atoms with van der Waals surface area (Å²) in [6.07, 6.45) is -3.01. The fourth-order valence-electron chi connectivity index (χ4n) is 1.77. The molecule has 2 aromatic rings. The third-order valence-corrected chi connectivity index (χ3v) is 2.95. The van der Waals surface area contributed by atoms with Crippen LogP contribution in [0, 0.1) is 0 Å². The molecule has 1 amide bonds. The van der Waals surface area contributed by atoms with E-state index >= 15 is 0 Å². The summed E-state index contributed by atoms with van der Waals surface area (Å²) in [5.41, 5.74) is -0.461. The summed E-state index contributed by atoms with van der Waals surface area (Å²) < 4.78 is 42.4. The zero-order valence-corrected chi connectivity index (χ0v) is 12.7. The molecule has 0 saturated carbocycles. The van der Waals surface area contributed by atoms with Crippen LogP contribution in [0.25, 0.3) is 0 Å². The van der Waals surface area contributed by atoms with Crippen molar-refractivity contribution in [1.82, 2.24) is 9.97 Å². The molecule has 0 radical (unpaired) electrons. The number of hydrogen-bond acceptors (Lipinski definition) is 5. The van der Waals surface area contributed by atoms with Gasteiger partial charge in [0.25, 0.3) is 5.91 Å². The summed E-state index contributed by atoms with van der Waals surface area (Å²) in [5.74, 6) is -0.293. The molecule has 0 aliphatic carbocycles. The summed E-state index contributed by atoms with van der Waals surface area (Å²) in [7, 11) is 1.55. The summed E-state index contributed by atoms with van der Waals surface area (Å²) >= 11 is 0. The second kappa shape index (κ2) is 7.73. The molecule has 1 aromatic heterocycles. The van der Waals surface area contributed by atoms with Gasteiger partial charge in [0, 0.05) is 25.5 Å². The summed E-state index contributed by atoms with van der Waals surface area (Å²) in [5, 5.41) is 5.36. The van der Waals surface area contributed by atoms with Gasteiger partial charge in [0.2, 0.25) is 5.95 Å². The zero-order valence-electron chi connectivity index (χ0n) is 12.7. The van der Waals surface area contributed by atoms with Gasteiger partial charge in [-0.15, -0.1) is 0 Å². The van der Waals surface area contributed by atoms with Gasteiger partial charge in [-0.25, -0.2) is 9.97 Å². The van der Waals surface area contributed by atoms with E-state index in [1.54, 1.807) is 7.11 Å². The fourth-order valence-corrected chi connectivity index (χ4v) is 1.77. The van der Waals surface area contributed by atoms with Crippen LogP contribution in [0.15, 0.2) is 36.5 Å². The molecule has 2 rings (SSSR count). The molecule has 0 unspecified atom stereocenters. The van der Waals surface area contributed by atoms with Crippen molar-refractivity contribution >= 4 is 17.5 Å². The van der Waals surface area contributed by atoms with E-state index < -0.39 is 17.6 Å². The predicted molar refractivity (Wildman–Crippen MR) is 81.8 cm³/mol. The molecule has 0 aliphatic rings. The van der Waals surface area contributed by atoms with E-state index in [-0.39, 0.29) is 17.3 Å². The van der Waals surface area contributed by atoms with Gasteiger partial charge in [-0.3, -0.25) is 4.79 Å². The Morgan fingerprint density at radius 2 is 1.92 bits per heavy atom. The Morgan fingerprint density at radius 3 is 2.54 bits per heavy atom. The molecule has 24 heavy (non-hydrogen) atoms. The Morgan fingerprint density at radius 1 is 1.21 bits per heavy atom. The first-order valence-corrected chi connectivity index (χ1v) is 6.94. The summed E-state index contributed by atoms with van der Waals surface area (Å²) in [6.45, 7) is 0.922. The quantitative estimate of drug-likeness (QED) is 0.791. The maximum absolute atomic E-state index is 12.5. The molecule has 6 nitrogen and oxygen atoms in total. The van der Waals surface area contributed by atoms with Crippen LogP contribution in [0.3, 0.4) is 0 Å². The lowest BCUT2D eigenvalue weighted by molar-refractivity contribution is -0.137. The molecule has 0 fully saturated rings. The van der Waals surface area contributed by atoms with Crippen molar-refractivity contribution in [2.24, 2.45) is 0 Å². The highest BCUT2D eigenvalue weighted by Gasteiger charge is 2.30. The van der Waals surface area contributed by atoms with Crippen molar-refractivity contribution < 1.29 is 22.7 Å². The number of alkyl halides is 3. The number of anilines is 2. The number of ether oxygens (including phenoxy) is 1. The Hall–Kier alpha value is -2.68. The van der Waals surface area contributed by atoms with E-state index in [2.05, 4.69) is 20.6 Å². The number of halogens is 3. The van der Waals surface area contributed by atoms with Crippen LogP contribution < -0.4 is 10.6 Å². The highest BCUT2D eigenvalue weighted by Crippen LogP contribution is 2.29. The Labute approximate surface area is 136 Å². The molecule has 1 aromatic carbocycles. The average molecular weight is 340 g/mol. The third-order valence-electron chi connectivity index (χ3n) is 2.95. The molecule has 1 heterocycles. The van der Waals surface area contributed by atoms with Crippen molar-refractivity contribution in [2.75, 3.05) is 30.9 Å². The number of benzene rings is 1. The number of aromatic nitrogens is 2. The van der Waals surface area contributed by atoms with Crippen LogP contribution in [-0.2, 0) is 10.9 Å². The number of nitrogens with one attached hydrogen (secondary N) is 2. The monoisotopic (exact) mass is 340 g/mol. The van der Waals surface area contributed by atoms with Crippen LogP contribution in [-0.4, -0.2) is 36.1 Å². The number of amides is 1. The first-order chi connectivity index (χ1) is 11.4. The smallest absolute Gasteiger partial charge is 0.383 e. The molecule has 0 bridgehead atoms. The highest BCUT2D eigenvalue weighted by molar-refractivity contribution is 6.02. The van der Waals surface area contributed by atoms with E-state index in [0.29, 0.717) is 13.2 Å². The fraction of sp³-hybridized carbons (Fsp3) is 0.267. The van der Waals surface area contributed by atoms with Gasteiger partial charge in [0.1, 0.15) is 5.69 Å². The molecule has 0 aliphatic heterocycles. The predicted octanol–water partition coefficient (Wildman–Crippen LogP) is 2.81. The van der Waals surface area contributed by atoms with E-state index in [1.165, 1.54) is 24.4 Å². The van der Waals surface area contributed by atoms with Gasteiger partial charge in [0.05, 0.1) is 12.2 Å². The lowest BCUT2D eigenvalue weighted by Crippen LogP contribution is -2.16. The van der Waals surface area contributed by atoms with Crippen molar-refractivity contribution in [3.05, 3.63) is 47.8 Å². The van der Waals surface area contributed by atoms with Crippen LogP contribution >= 0.6 is 0 Å². The van der Waals surface area contributed by atoms with Gasteiger partial charge in [-0.1, -0.05) is 0 Å². The maximum atomic E-state index is 12.5. The lowest BCUT2D eigenvalue weighted by Gasteiger charge is -2.09. The molecule has 0 spiro atoms. The van der Waals surface area contributed by atoms with Crippen LogP contribution in [0.1, 0.15) is 16.1 Å². The molecular formula is C15H15F3N4O2. The van der Waals surface area contributed by atoms with Gasteiger partial charge in [-0.2, -0.15) is 13.2 Å². The van der Waals surface area contributed by atoms with Crippen molar-refractivity contribution in [1.29, 1.82) is 0 Å². The van der Waals surface area contributed by atoms with Crippen LogP contribution in [0.2, 0.25) is 0 Å². The van der Waals surface area contributed by atoms with E-state index in [4.69, 9.17) is 4.74 Å². The lowest BCUT2D eigenvalue weighted by atomic mass is 10.2. The number of carbonyl (C=O) groups is 1. The number of nitrogens with zero attached hydrogens (tertiary/aromatic N) is 2. The molecular weight excluding hydrogens is 325 g/mol. The maximum Gasteiger partial charge on any atom is 0.416 e. The third kappa shape index (κ3) is 4.92. The van der Waals surface area contributed by atoms with Crippen molar-refractivity contribution in [3.8, 4) is 0 Å². The SMILES string of the molecule is COCCNc1nccc(C(=O)Nc2ccc(C(F)(F)F)cc2)n1. The molecule has 128 valence electrons. The number of rotatable bonds is 6. The standard InChI is InChI=1S/C15H15F3N4O2/c1-24-9-8-20-14-19-7-6-12(22-14)13(23)21-11-4-2-10(3-5-11)15(16,17)18/h2-7H,8-9H2,1H3,(H,21,23)(H,19,20,22). The molecule has 9 heteroatoms. The average Bonchev–Trinajstić information content (AvgIpc) is 2.55. The van der Waals surface area contributed by atoms with E-state index in [1.807, 2.05) is 0 Å². The minimum Gasteiger partial charge on any atom is -0.383 e. The Kier molecular flexibility index (Phi) is 5.69. The molecule has 2 N–H and O–H groups in total. The largest absolute Gasteiger partial charge is 0.416 e. The van der Waals surface area contributed by atoms with Gasteiger partial charge in [-0.05, 0) is 30.3 Å². The Bertz CT molecular complexity index is 690. The van der Waals surface area contributed by atoms with Gasteiger partial charge >= 0.3 is 6.18 Å². The number of carbonyl (C=O) groups excluding carboxylic acids is 1. The number of hydrogen-bond donors (Lipinski definition) is 2. The van der Waals surface area contributed by atoms with Gasteiger partial charge in [0.15, 0.2) is 0 Å². The summed E-state index contributed by atoms with van der Waals surface area (Å²) in [4.78, 5) is 20.1. The molecule has 0 atom stereocenters. The Balaban J connectivity index is 2.03. The summed E-state index contributed by atoms with van der Waals surface area (Å²) in [6, 6.07) is 5.56. The second-order valence-electron chi connectivity index (χ2n) is 4.71. The van der Waals surface area contributed by atoms with E-state index in [0.717, 1.165) is 12.1 Å². The number of methoxy groups -OCH3 is 1. The normalized spacial score (nSPS) is 11.2. The van der Waals surface area contributed by atoms with Crippen LogP contribution in [0.4, 0.5) is 24.8 Å². The minimum atomic E-state index is -4.42. The van der Waals surface area contributed by atoms with Crippen LogP contribution in [0.5, 0.6) is 0 Å². The second-order valence-corrected chi connectivity index (χ2v) is 4.71. The van der Waals surface area contributed by atoms with Gasteiger partial charge < -0.3 is 15.4 Å². The molecule has 0 saturated heterocycles. The first kappa shape index (κ1) is 17.7. The minimum absolute atomic E-state index is 0.0878. The highest BCUT2D eigenvalue weighted by atomic mass is 19.4. The first-order valence-electron chi connectivity index (χ1n) is 6.94. The topological polar surface area (TPSA) is 76.1 Å². The van der Waals surface area contributed by atoms with Crippen molar-refractivity contribution in [3.63, 3.8) is 0 Å².